The van der Waals surface area contributed by atoms with Crippen molar-refractivity contribution in [2.75, 3.05) is 0 Å². The van der Waals surface area contributed by atoms with Crippen LogP contribution in [-0.2, 0) is 24.2 Å². The average Bonchev–Trinajstić information content (AvgIpc) is 3.87. The topological polar surface area (TPSA) is 54.6 Å². The van der Waals surface area contributed by atoms with E-state index >= 15 is 0 Å². The number of rotatable bonds is 20. The molecule has 1 aliphatic heterocycles. The Morgan fingerprint density at radius 1 is 0.729 bits per heavy atom. The summed E-state index contributed by atoms with van der Waals surface area (Å²) >= 11 is 3.40. The first kappa shape index (κ1) is 36.6. The summed E-state index contributed by atoms with van der Waals surface area (Å²) in [5.41, 5.74) is 5.30. The van der Waals surface area contributed by atoms with Gasteiger partial charge in [0.25, 0.3) is 5.91 Å². The van der Waals surface area contributed by atoms with Crippen molar-refractivity contribution >= 4 is 45.1 Å². The molecule has 4 aromatic rings. The van der Waals surface area contributed by atoms with Crippen LogP contribution < -0.4 is 10.6 Å². The highest BCUT2D eigenvalue weighted by Gasteiger charge is 2.26. The van der Waals surface area contributed by atoms with Crippen LogP contribution in [-0.4, -0.2) is 15.6 Å². The fourth-order valence-electron chi connectivity index (χ4n) is 7.57. The maximum Gasteiger partial charge on any atom is 0.279 e. The lowest BCUT2D eigenvalue weighted by Gasteiger charge is -2.17. The Morgan fingerprint density at radius 3 is 1.83 bits per heavy atom. The molecule has 1 aromatic carbocycles. The summed E-state index contributed by atoms with van der Waals surface area (Å²) in [4.78, 5) is 20.3. The van der Waals surface area contributed by atoms with Gasteiger partial charge in [0.2, 0.25) is 5.88 Å². The highest BCUT2D eigenvalue weighted by atomic mass is 32.1. The molecule has 0 saturated heterocycles. The number of hydrogen-bond donors (Lipinski definition) is 1. The molecule has 0 saturated carbocycles. The normalized spacial score (nSPS) is 14.9. The molecule has 6 heteroatoms. The van der Waals surface area contributed by atoms with E-state index < -0.39 is 0 Å². The van der Waals surface area contributed by atoms with E-state index in [2.05, 4.69) is 86.1 Å². The summed E-state index contributed by atoms with van der Waals surface area (Å²) in [6, 6.07) is 8.78. The number of carbonyl (C=O) groups excluding carboxylic acids is 1. The minimum Gasteiger partial charge on any atom is -0.494 e. The first-order valence-corrected chi connectivity index (χ1v) is 20.8. The van der Waals surface area contributed by atoms with Crippen molar-refractivity contribution in [3.63, 3.8) is 0 Å². The summed E-state index contributed by atoms with van der Waals surface area (Å²) < 4.78 is 2.14. The Bertz CT molecular complexity index is 1790. The van der Waals surface area contributed by atoms with Gasteiger partial charge in [0.05, 0.1) is 22.0 Å². The Labute approximate surface area is 297 Å². The molecule has 1 N–H and O–H groups in total. The van der Waals surface area contributed by atoms with Gasteiger partial charge in [-0.15, -0.1) is 22.7 Å². The van der Waals surface area contributed by atoms with Gasteiger partial charge in [-0.05, 0) is 83.2 Å². The molecule has 260 valence electrons. The van der Waals surface area contributed by atoms with Gasteiger partial charge in [-0.25, -0.2) is 4.99 Å². The molecule has 1 amide bonds. The second-order valence-electron chi connectivity index (χ2n) is 14.3. The van der Waals surface area contributed by atoms with Crippen molar-refractivity contribution in [2.24, 2.45) is 22.7 Å². The van der Waals surface area contributed by atoms with E-state index in [0.717, 1.165) is 69.0 Å². The maximum atomic E-state index is 13.6. The quantitative estimate of drug-likeness (QED) is 0.101. The second-order valence-corrected chi connectivity index (χ2v) is 16.1. The minimum absolute atomic E-state index is 0.146. The second kappa shape index (κ2) is 17.3. The zero-order chi connectivity index (χ0) is 34.2. The van der Waals surface area contributed by atoms with E-state index in [4.69, 9.17) is 0 Å². The molecular weight excluding hydrogens is 629 g/mol. The van der Waals surface area contributed by atoms with Crippen LogP contribution in [0.25, 0.3) is 26.9 Å². The lowest BCUT2D eigenvalue weighted by atomic mass is 9.93. The lowest BCUT2D eigenvalue weighted by molar-refractivity contribution is -0.112. The van der Waals surface area contributed by atoms with Gasteiger partial charge in [0, 0.05) is 26.9 Å². The zero-order valence-electron chi connectivity index (χ0n) is 30.4. The van der Waals surface area contributed by atoms with Gasteiger partial charge >= 0.3 is 0 Å². The molecule has 0 aliphatic carbocycles. The van der Waals surface area contributed by atoms with Gasteiger partial charge < -0.3 is 9.67 Å². The fraction of sp³-hybridized carbons (Fsp3) is 0.571. The molecule has 0 bridgehead atoms. The van der Waals surface area contributed by atoms with Gasteiger partial charge in [0.15, 0.2) is 0 Å². The predicted octanol–water partition coefficient (Wildman–Crippen LogP) is 11.2. The van der Waals surface area contributed by atoms with Crippen LogP contribution in [0.15, 0.2) is 40.0 Å². The number of unbranched alkanes of at least 4 members (excludes halogenated alkanes) is 3. The van der Waals surface area contributed by atoms with Crippen LogP contribution in [0.5, 0.6) is 5.88 Å². The molecule has 5 rings (SSSR count). The zero-order valence-corrected chi connectivity index (χ0v) is 32.0. The molecule has 48 heavy (non-hydrogen) atoms. The molecule has 4 nitrogen and oxygen atoms in total. The van der Waals surface area contributed by atoms with Crippen LogP contribution in [0.4, 0.5) is 0 Å². The van der Waals surface area contributed by atoms with Crippen LogP contribution >= 0.6 is 22.7 Å². The molecule has 0 fully saturated rings. The standard InChI is InChI=1S/C42H58N2O2S2/c1-7-13-16-28(10-4)19-31-21-37(47-26-31)39-33-24-36-34(23-35(33)43-41(39)45)40(42(46)44(36)25-30(12-6)18-15-9-3)38-22-32(27-48-38)20-29(11-5)17-14-8-2/h21-24,26-30,46H,7-20,25H2,1-6H3. The van der Waals surface area contributed by atoms with E-state index in [9.17, 15) is 9.90 Å². The first-order valence-electron chi connectivity index (χ1n) is 19.0. The molecule has 3 aromatic heterocycles. The van der Waals surface area contributed by atoms with Gasteiger partial charge in [-0.2, -0.15) is 0 Å². The summed E-state index contributed by atoms with van der Waals surface area (Å²) in [6.45, 7) is 14.4. The van der Waals surface area contributed by atoms with Crippen molar-refractivity contribution < 1.29 is 9.90 Å². The largest absolute Gasteiger partial charge is 0.494 e. The van der Waals surface area contributed by atoms with Crippen molar-refractivity contribution in [3.8, 4) is 16.3 Å². The molecule has 1 aliphatic rings. The monoisotopic (exact) mass is 686 g/mol. The maximum absolute atomic E-state index is 13.6. The molecule has 4 heterocycles. The van der Waals surface area contributed by atoms with Crippen LogP contribution in [0, 0.1) is 17.8 Å². The third-order valence-corrected chi connectivity index (χ3v) is 12.8. The fourth-order valence-corrected chi connectivity index (χ4v) is 9.52. The highest BCUT2D eigenvalue weighted by molar-refractivity contribution is 7.13. The van der Waals surface area contributed by atoms with Crippen molar-refractivity contribution in [3.05, 3.63) is 61.6 Å². The van der Waals surface area contributed by atoms with Crippen LogP contribution in [0.2, 0.25) is 0 Å². The highest BCUT2D eigenvalue weighted by Crippen LogP contribution is 2.43. The number of aromatic hydroxyl groups is 1. The first-order chi connectivity index (χ1) is 23.3. The summed E-state index contributed by atoms with van der Waals surface area (Å²) in [5, 5.41) is 19.2. The summed E-state index contributed by atoms with van der Waals surface area (Å²) in [7, 11) is 0. The summed E-state index contributed by atoms with van der Waals surface area (Å²) in [6.07, 6.45) is 16.6. The average molecular weight is 687 g/mol. The number of carbonyl (C=O) groups is 1. The third-order valence-electron chi connectivity index (χ3n) is 10.8. The third kappa shape index (κ3) is 8.18. The van der Waals surface area contributed by atoms with E-state index in [1.54, 1.807) is 22.7 Å². The number of thiophene rings is 2. The Hall–Kier alpha value is -2.70. The number of benzene rings is 1. The molecule has 3 unspecified atom stereocenters. The van der Waals surface area contributed by atoms with E-state index in [1.165, 1.54) is 75.3 Å². The van der Waals surface area contributed by atoms with Crippen LogP contribution in [0.3, 0.4) is 0 Å². The number of aromatic nitrogens is 1. The molecule has 0 spiro atoms. The van der Waals surface area contributed by atoms with Crippen LogP contribution in [0.1, 0.15) is 135 Å². The molecular formula is C42H58N2O2S2. The van der Waals surface area contributed by atoms with Crippen molar-refractivity contribution in [1.82, 2.24) is 4.57 Å². The van der Waals surface area contributed by atoms with Crippen molar-refractivity contribution in [1.29, 1.82) is 0 Å². The molecule has 3 atom stereocenters. The van der Waals surface area contributed by atoms with Gasteiger partial charge in [-0.1, -0.05) is 112 Å². The van der Waals surface area contributed by atoms with E-state index in [-0.39, 0.29) is 5.91 Å². The van der Waals surface area contributed by atoms with Gasteiger partial charge in [-0.3, -0.25) is 4.79 Å². The van der Waals surface area contributed by atoms with Crippen molar-refractivity contribution in [2.45, 2.75) is 138 Å². The number of nitrogens with zero attached hydrogens (tertiary/aromatic N) is 2. The van der Waals surface area contributed by atoms with E-state index in [1.807, 2.05) is 0 Å². The van der Waals surface area contributed by atoms with E-state index in [0.29, 0.717) is 29.2 Å². The predicted molar refractivity (Wildman–Crippen MR) is 207 cm³/mol. The molecule has 0 radical (unpaired) electrons. The Balaban J connectivity index is 1.60. The smallest absolute Gasteiger partial charge is 0.279 e. The SMILES string of the molecule is CCCCC(CC)Cc1csc(C2=c3cc4c(cc3=NC2=O)c(-c2cc(CC(CC)CCCC)cs2)c(O)n4CC(CC)CCCC)c1. The number of hydrogen-bond acceptors (Lipinski definition) is 4. The number of amides is 1. The summed E-state index contributed by atoms with van der Waals surface area (Å²) in [5.74, 6) is 2.05. The Morgan fingerprint density at radius 2 is 1.27 bits per heavy atom. The minimum atomic E-state index is -0.146. The Kier molecular flexibility index (Phi) is 13.2. The lowest BCUT2D eigenvalue weighted by Crippen LogP contribution is -2.23. The van der Waals surface area contributed by atoms with Gasteiger partial charge in [0.1, 0.15) is 0 Å². The number of fused-ring (bicyclic) bond motifs is 2.